The summed E-state index contributed by atoms with van der Waals surface area (Å²) in [4.78, 5) is 2.94. The van der Waals surface area contributed by atoms with E-state index in [4.69, 9.17) is 0 Å². The predicted octanol–water partition coefficient (Wildman–Crippen LogP) is 5.19. The van der Waals surface area contributed by atoms with Crippen molar-refractivity contribution in [1.29, 1.82) is 0 Å². The van der Waals surface area contributed by atoms with Crippen LogP contribution < -0.4 is 4.74 Å². The minimum atomic E-state index is -4.66. The number of aromatic nitrogens is 1. The maximum Gasteiger partial charge on any atom is 0.573 e. The van der Waals surface area contributed by atoms with Gasteiger partial charge in [0, 0.05) is 11.6 Å². The quantitative estimate of drug-likeness (QED) is 0.828. The van der Waals surface area contributed by atoms with E-state index in [9.17, 15) is 13.2 Å². The molecule has 0 saturated heterocycles. The Bertz CT molecular complexity index is 611. The SMILES string of the molecule is FC(F)(F)Oc1cccc2c(CC3CCCCC3)c[nH]c12. The van der Waals surface area contributed by atoms with Gasteiger partial charge in [-0.1, -0.05) is 44.2 Å². The number of halogens is 3. The topological polar surface area (TPSA) is 25.0 Å². The van der Waals surface area contributed by atoms with Gasteiger partial charge in [0.1, 0.15) is 0 Å². The van der Waals surface area contributed by atoms with Gasteiger partial charge in [0.05, 0.1) is 5.52 Å². The minimum absolute atomic E-state index is 0.158. The Morgan fingerprint density at radius 2 is 1.90 bits per heavy atom. The molecule has 1 aliphatic rings. The lowest BCUT2D eigenvalue weighted by Crippen LogP contribution is -2.17. The van der Waals surface area contributed by atoms with Crippen molar-refractivity contribution in [2.75, 3.05) is 0 Å². The number of para-hydroxylation sites is 1. The van der Waals surface area contributed by atoms with Crippen LogP contribution in [0.3, 0.4) is 0 Å². The van der Waals surface area contributed by atoms with Crippen molar-refractivity contribution in [3.05, 3.63) is 30.0 Å². The lowest BCUT2D eigenvalue weighted by atomic mass is 9.85. The molecule has 0 bridgehead atoms. The molecule has 1 aromatic heterocycles. The first-order valence-corrected chi connectivity index (χ1v) is 7.37. The lowest BCUT2D eigenvalue weighted by molar-refractivity contribution is -0.274. The summed E-state index contributed by atoms with van der Waals surface area (Å²) in [6.45, 7) is 0. The van der Waals surface area contributed by atoms with E-state index in [1.807, 2.05) is 12.3 Å². The van der Waals surface area contributed by atoms with Crippen LogP contribution in [0, 0.1) is 5.92 Å². The van der Waals surface area contributed by atoms with Crippen LogP contribution in [0.15, 0.2) is 24.4 Å². The zero-order chi connectivity index (χ0) is 14.9. The standard InChI is InChI=1S/C16H18F3NO/c17-16(18,19)21-14-8-4-7-13-12(10-20-15(13)14)9-11-5-2-1-3-6-11/h4,7-8,10-11,20H,1-3,5-6,9H2. The van der Waals surface area contributed by atoms with Crippen molar-refractivity contribution in [3.8, 4) is 5.75 Å². The van der Waals surface area contributed by atoms with Crippen LogP contribution in [0.5, 0.6) is 5.75 Å². The van der Waals surface area contributed by atoms with Crippen LogP contribution in [0.1, 0.15) is 37.7 Å². The number of benzene rings is 1. The summed E-state index contributed by atoms with van der Waals surface area (Å²) < 4.78 is 41.3. The van der Waals surface area contributed by atoms with Crippen LogP contribution in [0.2, 0.25) is 0 Å². The molecule has 5 heteroatoms. The summed E-state index contributed by atoms with van der Waals surface area (Å²) in [6, 6.07) is 4.81. The summed E-state index contributed by atoms with van der Waals surface area (Å²) in [5.74, 6) is 0.486. The van der Waals surface area contributed by atoms with Crippen molar-refractivity contribution < 1.29 is 17.9 Å². The second-order valence-electron chi connectivity index (χ2n) is 5.75. The van der Waals surface area contributed by atoms with E-state index in [1.54, 1.807) is 6.07 Å². The number of alkyl halides is 3. The van der Waals surface area contributed by atoms with Gasteiger partial charge in [-0.3, -0.25) is 0 Å². The molecule has 1 aliphatic carbocycles. The fourth-order valence-corrected chi connectivity index (χ4v) is 3.27. The van der Waals surface area contributed by atoms with E-state index in [0.717, 1.165) is 17.4 Å². The third-order valence-electron chi connectivity index (χ3n) is 4.22. The van der Waals surface area contributed by atoms with Crippen LogP contribution >= 0.6 is 0 Å². The van der Waals surface area contributed by atoms with Crippen LogP contribution in [-0.2, 0) is 6.42 Å². The molecule has 114 valence electrons. The van der Waals surface area contributed by atoms with Gasteiger partial charge in [0.15, 0.2) is 5.75 Å². The second-order valence-corrected chi connectivity index (χ2v) is 5.75. The number of ether oxygens (including phenoxy) is 1. The highest BCUT2D eigenvalue weighted by Gasteiger charge is 2.32. The molecule has 0 atom stereocenters. The molecular formula is C16H18F3NO. The normalized spacial score (nSPS) is 17.3. The largest absolute Gasteiger partial charge is 0.573 e. The third-order valence-corrected chi connectivity index (χ3v) is 4.22. The van der Waals surface area contributed by atoms with Gasteiger partial charge in [0.2, 0.25) is 0 Å². The van der Waals surface area contributed by atoms with Crippen LogP contribution in [0.4, 0.5) is 13.2 Å². The molecular weight excluding hydrogens is 279 g/mol. The van der Waals surface area contributed by atoms with Crippen molar-refractivity contribution >= 4 is 10.9 Å². The molecule has 1 aromatic carbocycles. The van der Waals surface area contributed by atoms with Crippen LogP contribution in [-0.4, -0.2) is 11.3 Å². The summed E-state index contributed by atoms with van der Waals surface area (Å²) in [7, 11) is 0. The Hall–Kier alpha value is -1.65. The first kappa shape index (κ1) is 14.3. The summed E-state index contributed by atoms with van der Waals surface area (Å²) in [6.07, 6.45) is 4.33. The van der Waals surface area contributed by atoms with Gasteiger partial charge in [-0.05, 0) is 24.0 Å². The number of hydrogen-bond donors (Lipinski definition) is 1. The molecule has 0 amide bonds. The Morgan fingerprint density at radius 3 is 2.62 bits per heavy atom. The van der Waals surface area contributed by atoms with E-state index >= 15 is 0 Å². The van der Waals surface area contributed by atoms with Gasteiger partial charge in [-0.25, -0.2) is 0 Å². The Morgan fingerprint density at radius 1 is 1.14 bits per heavy atom. The number of rotatable bonds is 3. The highest BCUT2D eigenvalue weighted by atomic mass is 19.4. The van der Waals surface area contributed by atoms with Crippen molar-refractivity contribution in [1.82, 2.24) is 4.98 Å². The summed E-state index contributed by atoms with van der Waals surface area (Å²) in [5, 5.41) is 0.835. The first-order valence-electron chi connectivity index (χ1n) is 7.37. The molecule has 0 radical (unpaired) electrons. The monoisotopic (exact) mass is 297 g/mol. The molecule has 1 heterocycles. The Balaban J connectivity index is 1.86. The summed E-state index contributed by atoms with van der Waals surface area (Å²) in [5.41, 5.74) is 1.52. The van der Waals surface area contributed by atoms with Crippen molar-refractivity contribution in [2.24, 2.45) is 5.92 Å². The van der Waals surface area contributed by atoms with Gasteiger partial charge in [-0.15, -0.1) is 13.2 Å². The first-order chi connectivity index (χ1) is 10.0. The van der Waals surface area contributed by atoms with Gasteiger partial charge >= 0.3 is 6.36 Å². The van der Waals surface area contributed by atoms with Gasteiger partial charge < -0.3 is 9.72 Å². The fraction of sp³-hybridized carbons (Fsp3) is 0.500. The van der Waals surface area contributed by atoms with Crippen molar-refractivity contribution in [2.45, 2.75) is 44.9 Å². The Kier molecular flexibility index (Phi) is 3.83. The van der Waals surface area contributed by atoms with Gasteiger partial charge in [0.25, 0.3) is 0 Å². The highest BCUT2D eigenvalue weighted by Crippen LogP contribution is 2.34. The lowest BCUT2D eigenvalue weighted by Gasteiger charge is -2.21. The Labute approximate surface area is 121 Å². The molecule has 2 aromatic rings. The second kappa shape index (κ2) is 5.62. The highest BCUT2D eigenvalue weighted by molar-refractivity contribution is 5.88. The fourth-order valence-electron chi connectivity index (χ4n) is 3.27. The molecule has 0 unspecified atom stereocenters. The van der Waals surface area contributed by atoms with Gasteiger partial charge in [-0.2, -0.15) is 0 Å². The number of aromatic amines is 1. The van der Waals surface area contributed by atoms with E-state index in [2.05, 4.69) is 9.72 Å². The minimum Gasteiger partial charge on any atom is -0.404 e. The average molecular weight is 297 g/mol. The van der Waals surface area contributed by atoms with Crippen LogP contribution in [0.25, 0.3) is 10.9 Å². The zero-order valence-electron chi connectivity index (χ0n) is 11.7. The van der Waals surface area contributed by atoms with E-state index < -0.39 is 6.36 Å². The molecule has 1 saturated carbocycles. The third kappa shape index (κ3) is 3.34. The number of H-pyrrole nitrogens is 1. The molecule has 2 nitrogen and oxygen atoms in total. The molecule has 1 N–H and O–H groups in total. The van der Waals surface area contributed by atoms with E-state index in [1.165, 1.54) is 38.2 Å². The maximum absolute atomic E-state index is 12.4. The zero-order valence-corrected chi connectivity index (χ0v) is 11.7. The molecule has 3 rings (SSSR count). The number of fused-ring (bicyclic) bond motifs is 1. The molecule has 0 aliphatic heterocycles. The molecule has 21 heavy (non-hydrogen) atoms. The van der Waals surface area contributed by atoms with E-state index in [0.29, 0.717) is 11.4 Å². The van der Waals surface area contributed by atoms with Crippen molar-refractivity contribution in [3.63, 3.8) is 0 Å². The summed E-state index contributed by atoms with van der Waals surface area (Å²) >= 11 is 0. The average Bonchev–Trinajstić information content (AvgIpc) is 2.83. The maximum atomic E-state index is 12.4. The molecule has 0 spiro atoms. The number of nitrogens with one attached hydrogen (secondary N) is 1. The number of hydrogen-bond acceptors (Lipinski definition) is 1. The smallest absolute Gasteiger partial charge is 0.404 e. The molecule has 1 fully saturated rings. The predicted molar refractivity (Wildman–Crippen MR) is 75.3 cm³/mol. The van der Waals surface area contributed by atoms with E-state index in [-0.39, 0.29) is 5.75 Å².